The van der Waals surface area contributed by atoms with Crippen molar-refractivity contribution in [2.45, 2.75) is 6.92 Å². The molecule has 2 rings (SSSR count). The van der Waals surface area contributed by atoms with Gasteiger partial charge in [-0.1, -0.05) is 11.6 Å². The number of rotatable bonds is 2. The highest BCUT2D eigenvalue weighted by Crippen LogP contribution is 2.19. The summed E-state index contributed by atoms with van der Waals surface area (Å²) in [6, 6.07) is 5.08. The second-order valence-electron chi connectivity index (χ2n) is 3.04. The molecule has 0 saturated heterocycles. The number of hydrogen-bond acceptors (Lipinski definition) is 4. The standard InChI is InChI=1S/C9H9ClN4O/c1-6-5-9(14(2)13-6)15-8-4-3-7(10)11-12-8/h3-5H,1-2H3. The maximum absolute atomic E-state index is 5.60. The van der Waals surface area contributed by atoms with Gasteiger partial charge in [-0.3, -0.25) is 0 Å². The first-order chi connectivity index (χ1) is 7.15. The van der Waals surface area contributed by atoms with E-state index in [1.165, 1.54) is 0 Å². The fourth-order valence-corrected chi connectivity index (χ4v) is 1.25. The number of aryl methyl sites for hydroxylation is 2. The average Bonchev–Trinajstić information content (AvgIpc) is 2.49. The molecule has 0 fully saturated rings. The zero-order valence-corrected chi connectivity index (χ0v) is 9.06. The third kappa shape index (κ3) is 2.24. The average molecular weight is 225 g/mol. The van der Waals surface area contributed by atoms with Crippen molar-refractivity contribution in [1.29, 1.82) is 0 Å². The summed E-state index contributed by atoms with van der Waals surface area (Å²) in [5, 5.41) is 11.9. The molecule has 0 amide bonds. The van der Waals surface area contributed by atoms with Crippen LogP contribution in [0.4, 0.5) is 0 Å². The Morgan fingerprint density at radius 3 is 2.67 bits per heavy atom. The molecule has 0 aliphatic heterocycles. The summed E-state index contributed by atoms with van der Waals surface area (Å²) in [6.07, 6.45) is 0. The van der Waals surface area contributed by atoms with Crippen LogP contribution in [0.5, 0.6) is 11.8 Å². The molecule has 15 heavy (non-hydrogen) atoms. The summed E-state index contributed by atoms with van der Waals surface area (Å²) < 4.78 is 7.08. The van der Waals surface area contributed by atoms with Crippen LogP contribution in [0.2, 0.25) is 5.15 Å². The number of nitrogens with zero attached hydrogens (tertiary/aromatic N) is 4. The molecule has 0 aliphatic rings. The van der Waals surface area contributed by atoms with Crippen molar-refractivity contribution in [3.05, 3.63) is 29.0 Å². The van der Waals surface area contributed by atoms with Gasteiger partial charge in [-0.2, -0.15) is 5.10 Å². The molecular weight excluding hydrogens is 216 g/mol. The molecule has 2 aromatic heterocycles. The molecule has 5 nitrogen and oxygen atoms in total. The molecule has 0 N–H and O–H groups in total. The Morgan fingerprint density at radius 2 is 2.13 bits per heavy atom. The van der Waals surface area contributed by atoms with Gasteiger partial charge in [-0.15, -0.1) is 10.2 Å². The molecule has 0 radical (unpaired) electrons. The van der Waals surface area contributed by atoms with Gasteiger partial charge < -0.3 is 4.74 Å². The Bertz CT molecular complexity index is 465. The highest BCUT2D eigenvalue weighted by atomic mass is 35.5. The van der Waals surface area contributed by atoms with Crippen LogP contribution in [0.15, 0.2) is 18.2 Å². The lowest BCUT2D eigenvalue weighted by atomic mass is 10.5. The van der Waals surface area contributed by atoms with Gasteiger partial charge >= 0.3 is 0 Å². The topological polar surface area (TPSA) is 52.8 Å². The fourth-order valence-electron chi connectivity index (χ4n) is 1.15. The van der Waals surface area contributed by atoms with Gasteiger partial charge in [0.25, 0.3) is 0 Å². The van der Waals surface area contributed by atoms with Crippen LogP contribution in [0.1, 0.15) is 5.69 Å². The van der Waals surface area contributed by atoms with E-state index in [1.54, 1.807) is 23.9 Å². The predicted octanol–water partition coefficient (Wildman–Crippen LogP) is 1.96. The number of hydrogen-bond donors (Lipinski definition) is 0. The second kappa shape index (κ2) is 3.86. The van der Waals surface area contributed by atoms with Crippen molar-refractivity contribution in [2.75, 3.05) is 0 Å². The van der Waals surface area contributed by atoms with Gasteiger partial charge in [0.1, 0.15) is 0 Å². The SMILES string of the molecule is Cc1cc(Oc2ccc(Cl)nn2)n(C)n1. The van der Waals surface area contributed by atoms with Crippen molar-refractivity contribution in [1.82, 2.24) is 20.0 Å². The Hall–Kier alpha value is -1.62. The molecule has 0 spiro atoms. The highest BCUT2D eigenvalue weighted by Gasteiger charge is 2.05. The maximum Gasteiger partial charge on any atom is 0.240 e. The van der Waals surface area contributed by atoms with Gasteiger partial charge in [0.05, 0.1) is 5.69 Å². The Balaban J connectivity index is 2.21. The molecule has 0 atom stereocenters. The molecule has 0 saturated carbocycles. The van der Waals surface area contributed by atoms with Gasteiger partial charge in [0.2, 0.25) is 11.8 Å². The smallest absolute Gasteiger partial charge is 0.240 e. The Labute approximate surface area is 91.7 Å². The van der Waals surface area contributed by atoms with Crippen molar-refractivity contribution in [3.8, 4) is 11.8 Å². The van der Waals surface area contributed by atoms with E-state index in [4.69, 9.17) is 16.3 Å². The quantitative estimate of drug-likeness (QED) is 0.783. The lowest BCUT2D eigenvalue weighted by molar-refractivity contribution is 0.410. The van der Waals surface area contributed by atoms with Crippen LogP contribution in [-0.2, 0) is 7.05 Å². The number of ether oxygens (including phenoxy) is 1. The van der Waals surface area contributed by atoms with Crippen LogP contribution in [-0.4, -0.2) is 20.0 Å². The molecule has 0 bridgehead atoms. The summed E-state index contributed by atoms with van der Waals surface area (Å²) in [5.41, 5.74) is 0.884. The molecule has 78 valence electrons. The van der Waals surface area contributed by atoms with Gasteiger partial charge in [-0.05, 0) is 13.0 Å². The molecule has 0 aliphatic carbocycles. The molecule has 2 heterocycles. The first-order valence-corrected chi connectivity index (χ1v) is 4.70. The summed E-state index contributed by atoms with van der Waals surface area (Å²) in [7, 11) is 1.80. The van der Waals surface area contributed by atoms with E-state index in [2.05, 4.69) is 15.3 Å². The van der Waals surface area contributed by atoms with E-state index >= 15 is 0 Å². The van der Waals surface area contributed by atoms with E-state index in [-0.39, 0.29) is 0 Å². The molecule has 6 heteroatoms. The largest absolute Gasteiger partial charge is 0.419 e. The number of halogens is 1. The second-order valence-corrected chi connectivity index (χ2v) is 3.43. The van der Waals surface area contributed by atoms with Crippen LogP contribution in [0, 0.1) is 6.92 Å². The predicted molar refractivity (Wildman–Crippen MR) is 55.1 cm³/mol. The Morgan fingerprint density at radius 1 is 1.33 bits per heavy atom. The maximum atomic E-state index is 5.60. The normalized spacial score (nSPS) is 10.3. The van der Waals surface area contributed by atoms with Crippen LogP contribution in [0.3, 0.4) is 0 Å². The van der Waals surface area contributed by atoms with Gasteiger partial charge in [-0.25, -0.2) is 4.68 Å². The van der Waals surface area contributed by atoms with Crippen molar-refractivity contribution in [3.63, 3.8) is 0 Å². The van der Waals surface area contributed by atoms with E-state index in [9.17, 15) is 0 Å². The molecule has 0 aromatic carbocycles. The number of aromatic nitrogens is 4. The Kier molecular flexibility index (Phi) is 2.55. The van der Waals surface area contributed by atoms with E-state index in [1.807, 2.05) is 13.0 Å². The van der Waals surface area contributed by atoms with Crippen LogP contribution < -0.4 is 4.74 Å². The summed E-state index contributed by atoms with van der Waals surface area (Å²) in [6.45, 7) is 1.89. The van der Waals surface area contributed by atoms with E-state index in [0.29, 0.717) is 16.9 Å². The van der Waals surface area contributed by atoms with Crippen LogP contribution >= 0.6 is 11.6 Å². The van der Waals surface area contributed by atoms with Gasteiger partial charge in [0, 0.05) is 19.2 Å². The third-order valence-corrected chi connectivity index (χ3v) is 1.98. The van der Waals surface area contributed by atoms with Crippen molar-refractivity contribution < 1.29 is 4.74 Å². The van der Waals surface area contributed by atoms with E-state index in [0.717, 1.165) is 5.69 Å². The summed E-state index contributed by atoms with van der Waals surface area (Å²) >= 11 is 5.60. The minimum absolute atomic E-state index is 0.337. The van der Waals surface area contributed by atoms with Crippen molar-refractivity contribution >= 4 is 11.6 Å². The first-order valence-electron chi connectivity index (χ1n) is 4.33. The molecule has 2 aromatic rings. The van der Waals surface area contributed by atoms with Crippen LogP contribution in [0.25, 0.3) is 0 Å². The minimum atomic E-state index is 0.337. The zero-order chi connectivity index (χ0) is 10.8. The third-order valence-electron chi connectivity index (χ3n) is 1.78. The summed E-state index contributed by atoms with van der Waals surface area (Å²) in [5.74, 6) is 1.01. The summed E-state index contributed by atoms with van der Waals surface area (Å²) in [4.78, 5) is 0. The molecule has 0 unspecified atom stereocenters. The zero-order valence-electron chi connectivity index (χ0n) is 8.31. The van der Waals surface area contributed by atoms with E-state index < -0.39 is 0 Å². The van der Waals surface area contributed by atoms with Gasteiger partial charge in [0.15, 0.2) is 5.15 Å². The highest BCUT2D eigenvalue weighted by molar-refractivity contribution is 6.29. The first kappa shape index (κ1) is 9.92. The monoisotopic (exact) mass is 224 g/mol. The minimum Gasteiger partial charge on any atom is -0.419 e. The molecular formula is C9H9ClN4O. The lowest BCUT2D eigenvalue weighted by Gasteiger charge is -2.02. The van der Waals surface area contributed by atoms with Crippen molar-refractivity contribution in [2.24, 2.45) is 7.05 Å². The lowest BCUT2D eigenvalue weighted by Crippen LogP contribution is -1.97. The fraction of sp³-hybridized carbons (Fsp3) is 0.222.